The summed E-state index contributed by atoms with van der Waals surface area (Å²) in [5.41, 5.74) is -0.970. The Hall–Kier alpha value is -2.38. The Bertz CT molecular complexity index is 551. The molecule has 0 unspecified atom stereocenters. The lowest BCUT2D eigenvalue weighted by molar-refractivity contribution is 0.0922. The Morgan fingerprint density at radius 1 is 1.61 bits per heavy atom. The molecule has 1 N–H and O–H groups in total. The highest BCUT2D eigenvalue weighted by Gasteiger charge is 2.20. The van der Waals surface area contributed by atoms with Gasteiger partial charge in [0.25, 0.3) is 17.5 Å². The molecule has 2 amide bonds. The van der Waals surface area contributed by atoms with Gasteiger partial charge in [0.15, 0.2) is 0 Å². The van der Waals surface area contributed by atoms with Crippen LogP contribution in [0.2, 0.25) is 0 Å². The van der Waals surface area contributed by atoms with E-state index in [4.69, 9.17) is 4.74 Å². The van der Waals surface area contributed by atoms with E-state index in [1.807, 2.05) is 5.32 Å². The maximum Gasteiger partial charge on any atom is 0.414 e. The molecule has 1 aliphatic heterocycles. The lowest BCUT2D eigenvalue weighted by Crippen LogP contribution is -2.35. The quantitative estimate of drug-likeness (QED) is 0.764. The second-order valence-electron chi connectivity index (χ2n) is 3.46. The fraction of sp³-hybridized carbons (Fsp3) is 0.400. The van der Waals surface area contributed by atoms with E-state index >= 15 is 0 Å². The predicted octanol–water partition coefficient (Wildman–Crippen LogP) is -0.478. The van der Waals surface area contributed by atoms with Crippen molar-refractivity contribution in [1.29, 1.82) is 0 Å². The van der Waals surface area contributed by atoms with Crippen molar-refractivity contribution in [3.05, 3.63) is 22.1 Å². The lowest BCUT2D eigenvalue weighted by Gasteiger charge is -2.05. The van der Waals surface area contributed by atoms with Crippen LogP contribution in [0.3, 0.4) is 0 Å². The smallest absolute Gasteiger partial charge is 0.414 e. The molecule has 8 heteroatoms. The van der Waals surface area contributed by atoms with Crippen molar-refractivity contribution in [2.45, 2.75) is 13.5 Å². The average molecular weight is 253 g/mol. The Morgan fingerprint density at radius 2 is 2.39 bits per heavy atom. The van der Waals surface area contributed by atoms with E-state index in [9.17, 15) is 14.4 Å². The highest BCUT2D eigenvalue weighted by atomic mass is 16.5. The standard InChI is InChI=1S/C10H11N3O5/c1-2-17-10(16)12-8(15)6-5-13-3-4-18-9(13)11-7(6)14/h5H,2-4H2,1H3,(H,12,15,16). The molecule has 0 bridgehead atoms. The van der Waals surface area contributed by atoms with Gasteiger partial charge in [0, 0.05) is 6.20 Å². The largest absolute Gasteiger partial charge is 0.463 e. The van der Waals surface area contributed by atoms with Crippen molar-refractivity contribution in [2.24, 2.45) is 0 Å². The molecule has 1 aliphatic rings. The van der Waals surface area contributed by atoms with Crippen molar-refractivity contribution in [2.75, 3.05) is 13.2 Å². The summed E-state index contributed by atoms with van der Waals surface area (Å²) in [6, 6.07) is 0.174. The Labute approximate surface area is 102 Å². The second-order valence-corrected chi connectivity index (χ2v) is 3.46. The molecule has 0 saturated heterocycles. The van der Waals surface area contributed by atoms with E-state index in [1.54, 1.807) is 6.92 Å². The molecule has 0 radical (unpaired) electrons. The van der Waals surface area contributed by atoms with Gasteiger partial charge < -0.3 is 9.47 Å². The number of ether oxygens (including phenoxy) is 2. The number of amides is 2. The molecule has 1 aromatic rings. The molecule has 0 aliphatic carbocycles. The first kappa shape index (κ1) is 12.1. The summed E-state index contributed by atoms with van der Waals surface area (Å²) in [6.07, 6.45) is 0.412. The molecule has 0 fully saturated rings. The molecule has 18 heavy (non-hydrogen) atoms. The van der Waals surface area contributed by atoms with Gasteiger partial charge in [-0.05, 0) is 6.92 Å². The van der Waals surface area contributed by atoms with Gasteiger partial charge in [0.2, 0.25) is 0 Å². The van der Waals surface area contributed by atoms with Crippen LogP contribution in [0, 0.1) is 0 Å². The average Bonchev–Trinajstić information content (AvgIpc) is 2.74. The van der Waals surface area contributed by atoms with Crippen LogP contribution < -0.4 is 15.6 Å². The first-order chi connectivity index (χ1) is 8.61. The molecule has 2 heterocycles. The minimum absolute atomic E-state index is 0.133. The second kappa shape index (κ2) is 4.86. The van der Waals surface area contributed by atoms with Gasteiger partial charge in [-0.3, -0.25) is 19.5 Å². The maximum atomic E-state index is 11.6. The van der Waals surface area contributed by atoms with Crippen LogP contribution in [0.5, 0.6) is 6.01 Å². The highest BCUT2D eigenvalue weighted by molar-refractivity contribution is 6.02. The monoisotopic (exact) mass is 253 g/mol. The van der Waals surface area contributed by atoms with Crippen molar-refractivity contribution in [3.63, 3.8) is 0 Å². The molecule has 2 rings (SSSR count). The van der Waals surface area contributed by atoms with E-state index in [2.05, 4.69) is 9.72 Å². The third-order valence-corrected chi connectivity index (χ3v) is 2.26. The Kier molecular flexibility index (Phi) is 3.26. The van der Waals surface area contributed by atoms with Crippen LogP contribution >= 0.6 is 0 Å². The fourth-order valence-corrected chi connectivity index (χ4v) is 1.47. The zero-order valence-corrected chi connectivity index (χ0v) is 9.63. The van der Waals surface area contributed by atoms with Crippen LogP contribution in [-0.4, -0.2) is 34.8 Å². The molecule has 96 valence electrons. The number of hydrogen-bond acceptors (Lipinski definition) is 6. The summed E-state index contributed by atoms with van der Waals surface area (Å²) in [4.78, 5) is 37.9. The fourth-order valence-electron chi connectivity index (χ4n) is 1.47. The van der Waals surface area contributed by atoms with Crippen LogP contribution in [0.15, 0.2) is 11.0 Å². The Balaban J connectivity index is 2.21. The minimum Gasteiger partial charge on any atom is -0.463 e. The third kappa shape index (κ3) is 2.31. The van der Waals surface area contributed by atoms with Gasteiger partial charge in [-0.25, -0.2) is 4.79 Å². The van der Waals surface area contributed by atoms with Gasteiger partial charge in [-0.2, -0.15) is 4.98 Å². The number of nitrogens with zero attached hydrogens (tertiary/aromatic N) is 2. The van der Waals surface area contributed by atoms with E-state index in [0.717, 1.165) is 0 Å². The Morgan fingerprint density at radius 3 is 3.11 bits per heavy atom. The summed E-state index contributed by atoms with van der Waals surface area (Å²) in [5.74, 6) is -0.840. The van der Waals surface area contributed by atoms with Crippen molar-refractivity contribution in [3.8, 4) is 6.01 Å². The number of fused-ring (bicyclic) bond motifs is 1. The van der Waals surface area contributed by atoms with Crippen molar-refractivity contribution >= 4 is 12.0 Å². The summed E-state index contributed by atoms with van der Waals surface area (Å²) < 4.78 is 11.1. The molecular formula is C10H11N3O5. The topological polar surface area (TPSA) is 99.5 Å². The van der Waals surface area contributed by atoms with E-state index in [1.165, 1.54) is 10.8 Å². The molecule has 8 nitrogen and oxygen atoms in total. The van der Waals surface area contributed by atoms with Crippen molar-refractivity contribution < 1.29 is 19.1 Å². The van der Waals surface area contributed by atoms with Gasteiger partial charge >= 0.3 is 6.09 Å². The van der Waals surface area contributed by atoms with E-state index in [0.29, 0.717) is 13.2 Å². The summed E-state index contributed by atoms with van der Waals surface area (Å²) >= 11 is 0. The summed E-state index contributed by atoms with van der Waals surface area (Å²) in [7, 11) is 0. The SMILES string of the molecule is CCOC(=O)NC(=O)c1cn2c(nc1=O)OCC2. The molecule has 0 spiro atoms. The van der Waals surface area contributed by atoms with Gasteiger partial charge in [0.05, 0.1) is 13.2 Å². The normalized spacial score (nSPS) is 12.5. The number of alkyl carbamates (subject to hydrolysis) is 1. The van der Waals surface area contributed by atoms with Gasteiger partial charge in [-0.1, -0.05) is 0 Å². The first-order valence-corrected chi connectivity index (χ1v) is 5.34. The maximum absolute atomic E-state index is 11.6. The zero-order valence-electron chi connectivity index (χ0n) is 9.63. The molecule has 1 aromatic heterocycles. The van der Waals surface area contributed by atoms with Gasteiger partial charge in [0.1, 0.15) is 12.2 Å². The molecule has 0 atom stereocenters. The number of imide groups is 1. The number of nitrogens with one attached hydrogen (secondary N) is 1. The first-order valence-electron chi connectivity index (χ1n) is 5.34. The highest BCUT2D eigenvalue weighted by Crippen LogP contribution is 2.11. The number of aromatic nitrogens is 2. The van der Waals surface area contributed by atoms with Crippen LogP contribution in [0.4, 0.5) is 4.79 Å². The van der Waals surface area contributed by atoms with Crippen LogP contribution in [0.1, 0.15) is 17.3 Å². The molecular weight excluding hydrogens is 242 g/mol. The van der Waals surface area contributed by atoms with Crippen molar-refractivity contribution in [1.82, 2.24) is 14.9 Å². The number of carbonyl (C=O) groups excluding carboxylic acids is 2. The summed E-state index contributed by atoms with van der Waals surface area (Å²) in [5, 5.41) is 1.93. The number of hydrogen-bond donors (Lipinski definition) is 1. The van der Waals surface area contributed by atoms with Crippen LogP contribution in [0.25, 0.3) is 0 Å². The number of rotatable bonds is 2. The molecule has 0 saturated carbocycles. The lowest BCUT2D eigenvalue weighted by atomic mass is 10.3. The number of carbonyl (C=O) groups is 2. The summed E-state index contributed by atoms with van der Waals surface area (Å²) in [6.45, 7) is 2.64. The minimum atomic E-state index is -0.899. The van der Waals surface area contributed by atoms with E-state index in [-0.39, 0.29) is 18.2 Å². The molecule has 0 aromatic carbocycles. The zero-order chi connectivity index (χ0) is 13.1. The van der Waals surface area contributed by atoms with Crippen LogP contribution in [-0.2, 0) is 11.3 Å². The predicted molar refractivity (Wildman–Crippen MR) is 58.5 cm³/mol. The third-order valence-electron chi connectivity index (χ3n) is 2.26. The van der Waals surface area contributed by atoms with Gasteiger partial charge in [-0.15, -0.1) is 0 Å². The van der Waals surface area contributed by atoms with E-state index < -0.39 is 17.6 Å².